The van der Waals surface area contributed by atoms with E-state index in [0.29, 0.717) is 27.5 Å². The standard InChI is InChI=1S/C19H19ClN2O3S/c1-11(2)18-15-10-14(6-8-17(15)22(4)19(18)23)26(24,25)21-16-7-5-13(20)9-12(16)3/h5-10,21H,1-4H3. The molecule has 0 saturated heterocycles. The zero-order valence-electron chi connectivity index (χ0n) is 14.9. The molecule has 1 amide bonds. The number of anilines is 2. The number of fused-ring (bicyclic) bond motifs is 1. The van der Waals surface area contributed by atoms with Crippen molar-refractivity contribution in [2.75, 3.05) is 16.7 Å². The molecule has 2 aromatic carbocycles. The van der Waals surface area contributed by atoms with Gasteiger partial charge in [-0.25, -0.2) is 8.42 Å². The number of hydrogen-bond donors (Lipinski definition) is 1. The van der Waals surface area contributed by atoms with Crippen molar-refractivity contribution in [3.63, 3.8) is 0 Å². The average Bonchev–Trinajstić information content (AvgIpc) is 2.81. The van der Waals surface area contributed by atoms with Crippen molar-refractivity contribution in [3.05, 3.63) is 58.1 Å². The third-order valence-corrected chi connectivity index (χ3v) is 5.96. The fourth-order valence-electron chi connectivity index (χ4n) is 3.00. The zero-order valence-corrected chi connectivity index (χ0v) is 16.5. The van der Waals surface area contributed by atoms with Gasteiger partial charge in [0.25, 0.3) is 15.9 Å². The first-order chi connectivity index (χ1) is 12.1. The summed E-state index contributed by atoms with van der Waals surface area (Å²) in [5.74, 6) is -0.129. The number of rotatable bonds is 3. The lowest BCUT2D eigenvalue weighted by Gasteiger charge is -2.13. The smallest absolute Gasteiger partial charge is 0.261 e. The molecule has 0 radical (unpaired) electrons. The first-order valence-corrected chi connectivity index (χ1v) is 9.87. The highest BCUT2D eigenvalue weighted by Crippen LogP contribution is 2.39. The number of benzene rings is 2. The molecule has 5 nitrogen and oxygen atoms in total. The fourth-order valence-corrected chi connectivity index (χ4v) is 4.38. The SMILES string of the molecule is CC(C)=C1C(=O)N(C)c2ccc(S(=O)(=O)Nc3ccc(Cl)cc3C)cc21. The van der Waals surface area contributed by atoms with Gasteiger partial charge in [0.15, 0.2) is 0 Å². The van der Waals surface area contributed by atoms with Gasteiger partial charge in [0.05, 0.1) is 16.3 Å². The first kappa shape index (κ1) is 18.5. The third-order valence-electron chi connectivity index (χ3n) is 4.36. The molecule has 0 bridgehead atoms. The molecule has 136 valence electrons. The number of hydrogen-bond acceptors (Lipinski definition) is 3. The summed E-state index contributed by atoms with van der Waals surface area (Å²) < 4.78 is 28.2. The van der Waals surface area contributed by atoms with Crippen molar-refractivity contribution in [1.82, 2.24) is 0 Å². The van der Waals surface area contributed by atoms with E-state index in [-0.39, 0.29) is 10.8 Å². The summed E-state index contributed by atoms with van der Waals surface area (Å²) in [6.45, 7) is 5.46. The fraction of sp³-hybridized carbons (Fsp3) is 0.211. The molecule has 1 aliphatic heterocycles. The summed E-state index contributed by atoms with van der Waals surface area (Å²) in [5, 5.41) is 0.540. The maximum Gasteiger partial charge on any atom is 0.261 e. The maximum atomic E-state index is 12.8. The molecule has 0 spiro atoms. The van der Waals surface area contributed by atoms with E-state index in [2.05, 4.69) is 4.72 Å². The summed E-state index contributed by atoms with van der Waals surface area (Å²) in [7, 11) is -2.12. The van der Waals surface area contributed by atoms with Crippen LogP contribution in [0.3, 0.4) is 0 Å². The Morgan fingerprint density at radius 1 is 1.12 bits per heavy atom. The summed E-state index contributed by atoms with van der Waals surface area (Å²) in [4.78, 5) is 14.1. The van der Waals surface area contributed by atoms with Gasteiger partial charge in [0, 0.05) is 23.2 Å². The van der Waals surface area contributed by atoms with Crippen LogP contribution in [0.4, 0.5) is 11.4 Å². The zero-order chi connectivity index (χ0) is 19.2. The second-order valence-electron chi connectivity index (χ2n) is 6.48. The minimum atomic E-state index is -3.80. The molecule has 0 unspecified atom stereocenters. The quantitative estimate of drug-likeness (QED) is 0.798. The van der Waals surface area contributed by atoms with E-state index < -0.39 is 10.0 Å². The van der Waals surface area contributed by atoms with E-state index >= 15 is 0 Å². The highest BCUT2D eigenvalue weighted by Gasteiger charge is 2.32. The average molecular weight is 391 g/mol. The van der Waals surface area contributed by atoms with E-state index in [9.17, 15) is 13.2 Å². The van der Waals surface area contributed by atoms with Crippen LogP contribution < -0.4 is 9.62 Å². The highest BCUT2D eigenvalue weighted by atomic mass is 35.5. The minimum absolute atomic E-state index is 0.104. The monoisotopic (exact) mass is 390 g/mol. The number of nitrogens with zero attached hydrogens (tertiary/aromatic N) is 1. The number of amides is 1. The third kappa shape index (κ3) is 3.10. The Kier molecular flexibility index (Phi) is 4.58. The molecule has 0 saturated carbocycles. The van der Waals surface area contributed by atoms with Gasteiger partial charge < -0.3 is 4.90 Å². The van der Waals surface area contributed by atoms with Crippen molar-refractivity contribution in [2.24, 2.45) is 0 Å². The number of allylic oxidation sites excluding steroid dienone is 1. The van der Waals surface area contributed by atoms with Crippen LogP contribution in [-0.2, 0) is 14.8 Å². The molecular weight excluding hydrogens is 372 g/mol. The largest absolute Gasteiger partial charge is 0.311 e. The van der Waals surface area contributed by atoms with Crippen LogP contribution in [0.2, 0.25) is 5.02 Å². The van der Waals surface area contributed by atoms with Crippen LogP contribution in [0.5, 0.6) is 0 Å². The molecule has 7 heteroatoms. The first-order valence-electron chi connectivity index (χ1n) is 8.01. The number of nitrogens with one attached hydrogen (secondary N) is 1. The molecule has 1 heterocycles. The van der Waals surface area contributed by atoms with Gasteiger partial charge in [-0.1, -0.05) is 17.2 Å². The van der Waals surface area contributed by atoms with Gasteiger partial charge in [0.1, 0.15) is 0 Å². The maximum absolute atomic E-state index is 12.8. The topological polar surface area (TPSA) is 66.5 Å². The Morgan fingerprint density at radius 2 is 1.81 bits per heavy atom. The van der Waals surface area contributed by atoms with Crippen molar-refractivity contribution >= 4 is 44.5 Å². The molecule has 3 rings (SSSR count). The van der Waals surface area contributed by atoms with E-state index in [0.717, 1.165) is 11.1 Å². The van der Waals surface area contributed by atoms with E-state index in [1.54, 1.807) is 44.3 Å². The molecule has 1 N–H and O–H groups in total. The molecule has 0 atom stereocenters. The highest BCUT2D eigenvalue weighted by molar-refractivity contribution is 7.92. The summed E-state index contributed by atoms with van der Waals surface area (Å²) in [5.41, 5.74) is 3.91. The van der Waals surface area contributed by atoms with Crippen LogP contribution >= 0.6 is 11.6 Å². The van der Waals surface area contributed by atoms with Crippen molar-refractivity contribution in [2.45, 2.75) is 25.7 Å². The minimum Gasteiger partial charge on any atom is -0.311 e. The lowest BCUT2D eigenvalue weighted by atomic mass is 10.0. The van der Waals surface area contributed by atoms with Crippen LogP contribution in [0.15, 0.2) is 46.9 Å². The number of aryl methyl sites for hydroxylation is 1. The predicted octanol–water partition coefficient (Wildman–Crippen LogP) is 4.22. The van der Waals surface area contributed by atoms with Gasteiger partial charge >= 0.3 is 0 Å². The normalized spacial score (nSPS) is 13.8. The van der Waals surface area contributed by atoms with Crippen molar-refractivity contribution in [3.8, 4) is 0 Å². The van der Waals surface area contributed by atoms with Crippen molar-refractivity contribution in [1.29, 1.82) is 0 Å². The molecule has 0 aromatic heterocycles. The Morgan fingerprint density at radius 3 is 2.42 bits per heavy atom. The van der Waals surface area contributed by atoms with Crippen LogP contribution in [0.25, 0.3) is 5.57 Å². The van der Waals surface area contributed by atoms with Gasteiger partial charge in [-0.05, 0) is 62.7 Å². The number of carbonyl (C=O) groups excluding carboxylic acids is 1. The van der Waals surface area contributed by atoms with E-state index in [1.165, 1.54) is 11.0 Å². The van der Waals surface area contributed by atoms with Gasteiger partial charge in [-0.2, -0.15) is 0 Å². The van der Waals surface area contributed by atoms with Crippen LogP contribution in [0.1, 0.15) is 25.0 Å². The molecule has 0 fully saturated rings. The number of sulfonamides is 1. The van der Waals surface area contributed by atoms with Gasteiger partial charge in [-0.15, -0.1) is 0 Å². The summed E-state index contributed by atoms with van der Waals surface area (Å²) >= 11 is 5.92. The Bertz CT molecular complexity index is 1050. The van der Waals surface area contributed by atoms with E-state index in [4.69, 9.17) is 11.6 Å². The second-order valence-corrected chi connectivity index (χ2v) is 8.60. The number of likely N-dealkylation sites (N-methyl/N-ethyl adjacent to an activating group) is 1. The van der Waals surface area contributed by atoms with E-state index in [1.807, 2.05) is 13.8 Å². The molecule has 26 heavy (non-hydrogen) atoms. The van der Waals surface area contributed by atoms with Crippen molar-refractivity contribution < 1.29 is 13.2 Å². The second kappa shape index (κ2) is 6.45. The number of halogens is 1. The molecular formula is C19H19ClN2O3S. The predicted molar refractivity (Wildman–Crippen MR) is 105 cm³/mol. The lowest BCUT2D eigenvalue weighted by molar-refractivity contribution is -0.112. The Hall–Kier alpha value is -2.31. The molecule has 2 aromatic rings. The summed E-state index contributed by atoms with van der Waals surface area (Å²) in [6, 6.07) is 9.66. The van der Waals surface area contributed by atoms with Gasteiger partial charge in [0.2, 0.25) is 0 Å². The molecule has 0 aliphatic carbocycles. The molecule has 1 aliphatic rings. The van der Waals surface area contributed by atoms with Gasteiger partial charge in [-0.3, -0.25) is 9.52 Å². The van der Waals surface area contributed by atoms with Crippen LogP contribution in [-0.4, -0.2) is 21.4 Å². The number of carbonyl (C=O) groups is 1. The Labute approximate surface area is 158 Å². The van der Waals surface area contributed by atoms with Crippen LogP contribution in [0, 0.1) is 6.92 Å². The summed E-state index contributed by atoms with van der Waals surface area (Å²) in [6.07, 6.45) is 0. The lowest BCUT2D eigenvalue weighted by Crippen LogP contribution is -2.20. The Balaban J connectivity index is 2.06.